The van der Waals surface area contributed by atoms with E-state index < -0.39 is 5.66 Å². The standard InChI is InChI=1S/C13H24N4O3/c1-9(6-14)4-5-10(18)15-7-12(20)17-8-11(19)16-13(17,2)3/h9H,4-8,14H2,1-3H3,(H,15,18)(H,16,19). The Hall–Kier alpha value is -1.63. The van der Waals surface area contributed by atoms with Crippen LogP contribution in [0, 0.1) is 5.92 Å². The fraction of sp³-hybridized carbons (Fsp3) is 0.769. The predicted molar refractivity (Wildman–Crippen MR) is 74.4 cm³/mol. The zero-order valence-corrected chi connectivity index (χ0v) is 12.4. The summed E-state index contributed by atoms with van der Waals surface area (Å²) in [6.45, 7) is 5.96. The van der Waals surface area contributed by atoms with Crippen LogP contribution < -0.4 is 16.4 Å². The summed E-state index contributed by atoms with van der Waals surface area (Å²) in [6.07, 6.45) is 1.05. The molecule has 0 aromatic heterocycles. The number of amides is 3. The van der Waals surface area contributed by atoms with Crippen molar-refractivity contribution in [2.45, 2.75) is 39.3 Å². The molecule has 4 N–H and O–H groups in total. The van der Waals surface area contributed by atoms with E-state index in [0.717, 1.165) is 0 Å². The first-order valence-corrected chi connectivity index (χ1v) is 6.84. The van der Waals surface area contributed by atoms with Gasteiger partial charge in [-0.15, -0.1) is 0 Å². The number of carbonyl (C=O) groups is 3. The summed E-state index contributed by atoms with van der Waals surface area (Å²) >= 11 is 0. The quantitative estimate of drug-likeness (QED) is 0.592. The van der Waals surface area contributed by atoms with Gasteiger partial charge in [-0.05, 0) is 32.7 Å². The number of hydrogen-bond acceptors (Lipinski definition) is 4. The van der Waals surface area contributed by atoms with E-state index in [2.05, 4.69) is 10.6 Å². The first-order chi connectivity index (χ1) is 9.26. The summed E-state index contributed by atoms with van der Waals surface area (Å²) in [4.78, 5) is 36.4. The predicted octanol–water partition coefficient (Wildman–Crippen LogP) is -0.828. The lowest BCUT2D eigenvalue weighted by molar-refractivity contribution is -0.136. The number of nitrogens with zero attached hydrogens (tertiary/aromatic N) is 1. The highest BCUT2D eigenvalue weighted by Crippen LogP contribution is 2.16. The molecule has 1 atom stereocenters. The van der Waals surface area contributed by atoms with Gasteiger partial charge in [0, 0.05) is 6.42 Å². The van der Waals surface area contributed by atoms with E-state index in [9.17, 15) is 14.4 Å². The van der Waals surface area contributed by atoms with Crippen LogP contribution in [0.5, 0.6) is 0 Å². The Balaban J connectivity index is 2.36. The lowest BCUT2D eigenvalue weighted by Crippen LogP contribution is -2.51. The Morgan fingerprint density at radius 2 is 2.15 bits per heavy atom. The average molecular weight is 284 g/mol. The molecule has 7 heteroatoms. The minimum absolute atomic E-state index is 0.0336. The van der Waals surface area contributed by atoms with Crippen molar-refractivity contribution >= 4 is 17.7 Å². The van der Waals surface area contributed by atoms with Crippen LogP contribution in [0.3, 0.4) is 0 Å². The van der Waals surface area contributed by atoms with Gasteiger partial charge < -0.3 is 21.3 Å². The van der Waals surface area contributed by atoms with Gasteiger partial charge in [0.15, 0.2) is 0 Å². The normalized spacial score (nSPS) is 18.6. The Morgan fingerprint density at radius 3 is 2.65 bits per heavy atom. The second-order valence-corrected chi connectivity index (χ2v) is 5.74. The summed E-state index contributed by atoms with van der Waals surface area (Å²) in [5, 5.41) is 5.28. The van der Waals surface area contributed by atoms with Crippen LogP contribution in [-0.2, 0) is 14.4 Å². The molecule has 0 saturated carbocycles. The van der Waals surface area contributed by atoms with Gasteiger partial charge in [0.1, 0.15) is 12.2 Å². The van der Waals surface area contributed by atoms with Crippen LogP contribution in [0.1, 0.15) is 33.6 Å². The van der Waals surface area contributed by atoms with Gasteiger partial charge in [0.2, 0.25) is 17.7 Å². The van der Waals surface area contributed by atoms with Crippen molar-refractivity contribution in [1.29, 1.82) is 0 Å². The summed E-state index contributed by atoms with van der Waals surface area (Å²) in [7, 11) is 0. The molecule has 1 aliphatic rings. The monoisotopic (exact) mass is 284 g/mol. The molecule has 0 radical (unpaired) electrons. The van der Waals surface area contributed by atoms with Gasteiger partial charge in [-0.1, -0.05) is 6.92 Å². The van der Waals surface area contributed by atoms with Crippen molar-refractivity contribution in [2.75, 3.05) is 19.6 Å². The van der Waals surface area contributed by atoms with Crippen molar-refractivity contribution in [3.05, 3.63) is 0 Å². The number of hydrogen-bond donors (Lipinski definition) is 3. The Labute approximate surface area is 119 Å². The molecule has 1 fully saturated rings. The second-order valence-electron chi connectivity index (χ2n) is 5.74. The maximum atomic E-state index is 12.0. The minimum Gasteiger partial charge on any atom is -0.347 e. The van der Waals surface area contributed by atoms with E-state index in [1.54, 1.807) is 13.8 Å². The lowest BCUT2D eigenvalue weighted by atomic mass is 10.1. The largest absolute Gasteiger partial charge is 0.347 e. The molecule has 1 saturated heterocycles. The van der Waals surface area contributed by atoms with Crippen LogP contribution in [0.25, 0.3) is 0 Å². The third-order valence-electron chi connectivity index (χ3n) is 3.43. The van der Waals surface area contributed by atoms with Gasteiger partial charge in [0.05, 0.1) is 6.54 Å². The highest BCUT2D eigenvalue weighted by molar-refractivity contribution is 5.91. The van der Waals surface area contributed by atoms with E-state index >= 15 is 0 Å². The maximum absolute atomic E-state index is 12.0. The minimum atomic E-state index is -0.701. The van der Waals surface area contributed by atoms with Crippen LogP contribution in [0.2, 0.25) is 0 Å². The van der Waals surface area contributed by atoms with Crippen LogP contribution in [-0.4, -0.2) is 47.9 Å². The average Bonchev–Trinajstić information content (AvgIpc) is 2.66. The highest BCUT2D eigenvalue weighted by atomic mass is 16.2. The molecule has 1 unspecified atom stereocenters. The van der Waals surface area contributed by atoms with Crippen molar-refractivity contribution in [3.63, 3.8) is 0 Å². The lowest BCUT2D eigenvalue weighted by Gasteiger charge is -2.30. The molecule has 0 spiro atoms. The molecule has 1 heterocycles. The third-order valence-corrected chi connectivity index (χ3v) is 3.43. The van der Waals surface area contributed by atoms with Gasteiger partial charge in [-0.3, -0.25) is 14.4 Å². The van der Waals surface area contributed by atoms with E-state index in [-0.39, 0.29) is 36.7 Å². The molecule has 1 rings (SSSR count). The molecule has 0 bridgehead atoms. The van der Waals surface area contributed by atoms with Crippen molar-refractivity contribution in [3.8, 4) is 0 Å². The van der Waals surface area contributed by atoms with Gasteiger partial charge in [-0.25, -0.2) is 0 Å². The Kier molecular flexibility index (Phi) is 5.50. The number of nitrogens with one attached hydrogen (secondary N) is 2. The van der Waals surface area contributed by atoms with Gasteiger partial charge >= 0.3 is 0 Å². The van der Waals surface area contributed by atoms with Crippen LogP contribution >= 0.6 is 0 Å². The van der Waals surface area contributed by atoms with Crippen LogP contribution in [0.15, 0.2) is 0 Å². The molecule has 0 aromatic rings. The summed E-state index contributed by atoms with van der Waals surface area (Å²) in [5.74, 6) is -0.342. The van der Waals surface area contributed by atoms with Crippen molar-refractivity contribution in [1.82, 2.24) is 15.5 Å². The molecule has 1 aliphatic heterocycles. The molecular formula is C13H24N4O3. The van der Waals surface area contributed by atoms with Crippen molar-refractivity contribution in [2.24, 2.45) is 11.7 Å². The highest BCUT2D eigenvalue weighted by Gasteiger charge is 2.39. The first kappa shape index (κ1) is 16.4. The van der Waals surface area contributed by atoms with E-state index in [0.29, 0.717) is 19.4 Å². The molecular weight excluding hydrogens is 260 g/mol. The Morgan fingerprint density at radius 1 is 1.50 bits per heavy atom. The molecule has 7 nitrogen and oxygen atoms in total. The molecule has 20 heavy (non-hydrogen) atoms. The second kappa shape index (κ2) is 6.69. The molecule has 114 valence electrons. The number of rotatable bonds is 6. The molecule has 3 amide bonds. The summed E-state index contributed by atoms with van der Waals surface area (Å²) in [6, 6.07) is 0. The van der Waals surface area contributed by atoms with E-state index in [1.807, 2.05) is 6.92 Å². The van der Waals surface area contributed by atoms with Gasteiger partial charge in [-0.2, -0.15) is 0 Å². The van der Waals surface area contributed by atoms with E-state index in [4.69, 9.17) is 5.73 Å². The SMILES string of the molecule is CC(CN)CCC(=O)NCC(=O)N1CC(=O)NC1(C)C. The molecule has 0 aromatic carbocycles. The summed E-state index contributed by atoms with van der Waals surface area (Å²) < 4.78 is 0. The Bertz CT molecular complexity index is 395. The smallest absolute Gasteiger partial charge is 0.244 e. The van der Waals surface area contributed by atoms with Crippen LogP contribution in [0.4, 0.5) is 0 Å². The fourth-order valence-electron chi connectivity index (χ4n) is 2.04. The topological polar surface area (TPSA) is 105 Å². The molecule has 0 aliphatic carbocycles. The summed E-state index contributed by atoms with van der Waals surface area (Å²) in [5.41, 5.74) is 4.77. The number of nitrogens with two attached hydrogens (primary N) is 1. The zero-order valence-electron chi connectivity index (χ0n) is 12.4. The zero-order chi connectivity index (χ0) is 15.3. The third kappa shape index (κ3) is 4.48. The van der Waals surface area contributed by atoms with Gasteiger partial charge in [0.25, 0.3) is 0 Å². The van der Waals surface area contributed by atoms with Crippen molar-refractivity contribution < 1.29 is 14.4 Å². The fourth-order valence-corrected chi connectivity index (χ4v) is 2.04. The van der Waals surface area contributed by atoms with E-state index in [1.165, 1.54) is 4.90 Å². The first-order valence-electron chi connectivity index (χ1n) is 6.84. The number of carbonyl (C=O) groups excluding carboxylic acids is 3. The maximum Gasteiger partial charge on any atom is 0.244 e.